The molecule has 6 heteroatoms. The number of nitrogens with zero attached hydrogens (tertiary/aromatic N) is 3. The molecule has 1 aromatic carbocycles. The van der Waals surface area contributed by atoms with Crippen LogP contribution in [0.5, 0.6) is 0 Å². The molecule has 3 N–H and O–H groups in total. The van der Waals surface area contributed by atoms with E-state index in [0.29, 0.717) is 5.95 Å². The van der Waals surface area contributed by atoms with Crippen LogP contribution in [-0.4, -0.2) is 33.3 Å². The Kier molecular flexibility index (Phi) is 4.48. The zero-order valence-corrected chi connectivity index (χ0v) is 12.6. The van der Waals surface area contributed by atoms with Crippen molar-refractivity contribution in [3.05, 3.63) is 42.2 Å². The van der Waals surface area contributed by atoms with E-state index in [-0.39, 0.29) is 0 Å². The van der Waals surface area contributed by atoms with E-state index in [1.807, 2.05) is 6.07 Å². The predicted molar refractivity (Wildman–Crippen MR) is 89.1 cm³/mol. The topological polar surface area (TPSA) is 78.5 Å². The van der Waals surface area contributed by atoms with E-state index in [9.17, 15) is 0 Å². The molecule has 0 aliphatic carbocycles. The number of aromatic amines is 1. The highest BCUT2D eigenvalue weighted by Crippen LogP contribution is 2.18. The fourth-order valence-electron chi connectivity index (χ4n) is 2.36. The molecule has 0 bridgehead atoms. The van der Waals surface area contributed by atoms with Gasteiger partial charge in [-0.3, -0.25) is 0 Å². The summed E-state index contributed by atoms with van der Waals surface area (Å²) in [5.41, 5.74) is 2.46. The van der Waals surface area contributed by atoms with Crippen molar-refractivity contribution in [3.8, 4) is 0 Å². The third-order valence-electron chi connectivity index (χ3n) is 3.47. The van der Waals surface area contributed by atoms with Gasteiger partial charge in [0, 0.05) is 30.2 Å². The number of benzene rings is 1. The van der Waals surface area contributed by atoms with Gasteiger partial charge in [0.05, 0.1) is 6.20 Å². The Labute approximate surface area is 129 Å². The lowest BCUT2D eigenvalue weighted by atomic mass is 10.1. The summed E-state index contributed by atoms with van der Waals surface area (Å²) in [5.74, 6) is 1.31. The summed E-state index contributed by atoms with van der Waals surface area (Å²) in [4.78, 5) is 7.68. The van der Waals surface area contributed by atoms with Gasteiger partial charge in [0.1, 0.15) is 5.82 Å². The second-order valence-electron chi connectivity index (χ2n) is 5.13. The molecule has 0 atom stereocenters. The van der Waals surface area contributed by atoms with E-state index in [4.69, 9.17) is 0 Å². The highest BCUT2D eigenvalue weighted by atomic mass is 15.3. The Morgan fingerprint density at radius 2 is 2.05 bits per heavy atom. The molecule has 0 aliphatic heterocycles. The fraction of sp³-hybridized carbons (Fsp3) is 0.312. The van der Waals surface area contributed by atoms with Gasteiger partial charge in [0.2, 0.25) is 5.95 Å². The second-order valence-corrected chi connectivity index (χ2v) is 5.13. The highest BCUT2D eigenvalue weighted by Gasteiger charge is 2.04. The molecule has 0 amide bonds. The number of hydrogen-bond acceptors (Lipinski definition) is 5. The van der Waals surface area contributed by atoms with Gasteiger partial charge in [0.25, 0.3) is 0 Å². The predicted octanol–water partition coefficient (Wildman–Crippen LogP) is 2.83. The molecule has 0 spiro atoms. The van der Waals surface area contributed by atoms with Crippen LogP contribution in [0.1, 0.15) is 18.9 Å². The molecule has 22 heavy (non-hydrogen) atoms. The average molecular weight is 296 g/mol. The molecule has 0 saturated heterocycles. The monoisotopic (exact) mass is 296 g/mol. The lowest BCUT2D eigenvalue weighted by Crippen LogP contribution is -2.10. The minimum atomic E-state index is 0.556. The van der Waals surface area contributed by atoms with Gasteiger partial charge >= 0.3 is 0 Å². The van der Waals surface area contributed by atoms with Gasteiger partial charge in [-0.2, -0.15) is 10.1 Å². The standard InChI is InChI=1S/C16H20N6/c1-2-8-17-15-11-20-22-16(21-15)18-9-7-12-10-19-14-6-4-3-5-13(12)14/h3-6,10-11,19H,2,7-9H2,1H3,(H2,17,18,21,22). The summed E-state index contributed by atoms with van der Waals surface area (Å²) in [6.07, 6.45) is 5.65. The van der Waals surface area contributed by atoms with Crippen molar-refractivity contribution in [3.63, 3.8) is 0 Å². The Balaban J connectivity index is 1.59. The molecule has 0 saturated carbocycles. The largest absolute Gasteiger partial charge is 0.369 e. The lowest BCUT2D eigenvalue weighted by Gasteiger charge is -2.06. The van der Waals surface area contributed by atoms with E-state index in [2.05, 4.69) is 62.1 Å². The molecule has 3 aromatic rings. The van der Waals surface area contributed by atoms with Crippen LogP contribution in [0, 0.1) is 0 Å². The number of nitrogens with one attached hydrogen (secondary N) is 3. The van der Waals surface area contributed by atoms with E-state index in [1.54, 1.807) is 6.20 Å². The van der Waals surface area contributed by atoms with Crippen molar-refractivity contribution in [2.75, 3.05) is 23.7 Å². The van der Waals surface area contributed by atoms with E-state index in [1.165, 1.54) is 16.5 Å². The molecular weight excluding hydrogens is 276 g/mol. The molecule has 0 radical (unpaired) electrons. The number of anilines is 2. The third-order valence-corrected chi connectivity index (χ3v) is 3.47. The normalized spacial score (nSPS) is 10.8. The molecule has 0 fully saturated rings. The Morgan fingerprint density at radius 1 is 1.14 bits per heavy atom. The van der Waals surface area contributed by atoms with Gasteiger partial charge in [-0.05, 0) is 24.5 Å². The highest BCUT2D eigenvalue weighted by molar-refractivity contribution is 5.83. The average Bonchev–Trinajstić information content (AvgIpc) is 2.97. The van der Waals surface area contributed by atoms with E-state index < -0.39 is 0 Å². The number of fused-ring (bicyclic) bond motifs is 1. The van der Waals surface area contributed by atoms with Gasteiger partial charge in [-0.1, -0.05) is 25.1 Å². The van der Waals surface area contributed by atoms with Crippen LogP contribution in [0.3, 0.4) is 0 Å². The van der Waals surface area contributed by atoms with Gasteiger partial charge in [0.15, 0.2) is 0 Å². The molecular formula is C16H20N6. The van der Waals surface area contributed by atoms with Crippen molar-refractivity contribution in [2.24, 2.45) is 0 Å². The van der Waals surface area contributed by atoms with Gasteiger partial charge in [-0.25, -0.2) is 0 Å². The van der Waals surface area contributed by atoms with Crippen LogP contribution in [-0.2, 0) is 6.42 Å². The van der Waals surface area contributed by atoms with Crippen LogP contribution in [0.25, 0.3) is 10.9 Å². The number of aromatic nitrogens is 4. The van der Waals surface area contributed by atoms with Crippen molar-refractivity contribution < 1.29 is 0 Å². The smallest absolute Gasteiger partial charge is 0.244 e. The molecule has 114 valence electrons. The molecule has 6 nitrogen and oxygen atoms in total. The van der Waals surface area contributed by atoms with Gasteiger partial charge < -0.3 is 15.6 Å². The van der Waals surface area contributed by atoms with Crippen LogP contribution in [0.4, 0.5) is 11.8 Å². The Bertz CT molecular complexity index is 736. The van der Waals surface area contributed by atoms with Crippen LogP contribution in [0.15, 0.2) is 36.7 Å². The van der Waals surface area contributed by atoms with E-state index in [0.717, 1.165) is 31.7 Å². The molecule has 0 unspecified atom stereocenters. The maximum atomic E-state index is 4.39. The summed E-state index contributed by atoms with van der Waals surface area (Å²) in [5, 5.41) is 15.7. The van der Waals surface area contributed by atoms with Gasteiger partial charge in [-0.15, -0.1) is 5.10 Å². The van der Waals surface area contributed by atoms with Crippen molar-refractivity contribution in [1.29, 1.82) is 0 Å². The first-order valence-electron chi connectivity index (χ1n) is 7.59. The Hall–Kier alpha value is -2.63. The van der Waals surface area contributed by atoms with Crippen LogP contribution < -0.4 is 10.6 Å². The summed E-state index contributed by atoms with van der Waals surface area (Å²) in [6, 6.07) is 8.31. The first kappa shape index (κ1) is 14.3. The molecule has 2 heterocycles. The number of rotatable bonds is 7. The van der Waals surface area contributed by atoms with E-state index >= 15 is 0 Å². The zero-order chi connectivity index (χ0) is 15.2. The maximum Gasteiger partial charge on any atom is 0.244 e. The summed E-state index contributed by atoms with van der Waals surface area (Å²) in [6.45, 7) is 3.76. The lowest BCUT2D eigenvalue weighted by molar-refractivity contribution is 0.911. The first-order valence-corrected chi connectivity index (χ1v) is 7.59. The third kappa shape index (κ3) is 3.33. The minimum Gasteiger partial charge on any atom is -0.369 e. The second kappa shape index (κ2) is 6.89. The number of H-pyrrole nitrogens is 1. The minimum absolute atomic E-state index is 0.556. The van der Waals surface area contributed by atoms with Crippen molar-refractivity contribution in [2.45, 2.75) is 19.8 Å². The first-order chi connectivity index (χ1) is 10.9. The molecule has 3 rings (SSSR count). The Morgan fingerprint density at radius 3 is 2.95 bits per heavy atom. The van der Waals surface area contributed by atoms with Crippen molar-refractivity contribution in [1.82, 2.24) is 20.2 Å². The maximum absolute atomic E-state index is 4.39. The van der Waals surface area contributed by atoms with Crippen molar-refractivity contribution >= 4 is 22.7 Å². The number of para-hydroxylation sites is 1. The fourth-order valence-corrected chi connectivity index (χ4v) is 2.36. The zero-order valence-electron chi connectivity index (χ0n) is 12.6. The molecule has 0 aliphatic rings. The quantitative estimate of drug-likeness (QED) is 0.625. The summed E-state index contributed by atoms with van der Waals surface area (Å²) in [7, 11) is 0. The SMILES string of the molecule is CCCNc1cnnc(NCCc2c[nH]c3ccccc23)n1. The summed E-state index contributed by atoms with van der Waals surface area (Å²) < 4.78 is 0. The molecule has 2 aromatic heterocycles. The van der Waals surface area contributed by atoms with Crippen LogP contribution in [0.2, 0.25) is 0 Å². The number of hydrogen-bond donors (Lipinski definition) is 3. The van der Waals surface area contributed by atoms with Crippen LogP contribution >= 0.6 is 0 Å². The summed E-state index contributed by atoms with van der Waals surface area (Å²) >= 11 is 0.